The number of carboxylic acids is 1. The quantitative estimate of drug-likeness (QED) is 0.674. The molecule has 1 fully saturated rings. The van der Waals surface area contributed by atoms with Crippen molar-refractivity contribution in [2.24, 2.45) is 5.41 Å². The van der Waals surface area contributed by atoms with Gasteiger partial charge in [-0.15, -0.1) is 0 Å². The minimum Gasteiger partial charge on any atom is -0.479 e. The van der Waals surface area contributed by atoms with E-state index in [0.717, 1.165) is 24.0 Å². The van der Waals surface area contributed by atoms with E-state index >= 15 is 0 Å². The van der Waals surface area contributed by atoms with E-state index in [1.165, 1.54) is 16.0 Å². The topological polar surface area (TPSA) is 66.8 Å². The number of ether oxygens (including phenoxy) is 1. The summed E-state index contributed by atoms with van der Waals surface area (Å²) in [5.41, 5.74) is 2.82. The molecule has 0 spiro atoms. The maximum atomic E-state index is 13.4. The first kappa shape index (κ1) is 21.4. The Balaban J connectivity index is 1.63. The van der Waals surface area contributed by atoms with Gasteiger partial charge in [0.25, 0.3) is 0 Å². The third kappa shape index (κ3) is 3.22. The van der Waals surface area contributed by atoms with Crippen LogP contribution in [0.5, 0.6) is 0 Å². The molecule has 0 radical (unpaired) electrons. The molecule has 2 aliphatic carbocycles. The Morgan fingerprint density at radius 1 is 1.03 bits per heavy atom. The van der Waals surface area contributed by atoms with Gasteiger partial charge in [0.1, 0.15) is 12.1 Å². The van der Waals surface area contributed by atoms with Crippen LogP contribution in [0.1, 0.15) is 64.0 Å². The molecule has 1 amide bonds. The van der Waals surface area contributed by atoms with Gasteiger partial charge in [-0.05, 0) is 60.8 Å². The van der Waals surface area contributed by atoms with Gasteiger partial charge in [-0.2, -0.15) is 0 Å². The summed E-state index contributed by atoms with van der Waals surface area (Å²) in [6, 6.07) is 16.1. The maximum absolute atomic E-state index is 13.4. The Kier molecular flexibility index (Phi) is 5.32. The Labute approximate surface area is 184 Å². The van der Waals surface area contributed by atoms with Gasteiger partial charge in [0.2, 0.25) is 0 Å². The summed E-state index contributed by atoms with van der Waals surface area (Å²) >= 11 is 0. The number of benzene rings is 2. The lowest BCUT2D eigenvalue weighted by atomic mass is 9.73. The molecule has 31 heavy (non-hydrogen) atoms. The van der Waals surface area contributed by atoms with Crippen LogP contribution in [-0.4, -0.2) is 40.3 Å². The smallest absolute Gasteiger partial charge is 0.411 e. The lowest BCUT2D eigenvalue weighted by Crippen LogP contribution is -2.64. The Bertz CT molecular complexity index is 966. The molecule has 4 rings (SSSR count). The van der Waals surface area contributed by atoms with Gasteiger partial charge in [-0.25, -0.2) is 9.59 Å². The zero-order valence-corrected chi connectivity index (χ0v) is 18.7. The molecule has 0 aliphatic heterocycles. The van der Waals surface area contributed by atoms with Gasteiger partial charge >= 0.3 is 12.1 Å². The van der Waals surface area contributed by atoms with Crippen LogP contribution in [0.25, 0.3) is 11.1 Å². The van der Waals surface area contributed by atoms with Gasteiger partial charge in [0, 0.05) is 12.0 Å². The molecular formula is C26H31NO4. The van der Waals surface area contributed by atoms with E-state index in [4.69, 9.17) is 4.74 Å². The second kappa shape index (κ2) is 7.70. The summed E-state index contributed by atoms with van der Waals surface area (Å²) in [5.74, 6) is -1.00. The van der Waals surface area contributed by atoms with Gasteiger partial charge in [-0.3, -0.25) is 4.90 Å². The monoisotopic (exact) mass is 421 g/mol. The first-order chi connectivity index (χ1) is 14.7. The fourth-order valence-electron chi connectivity index (χ4n) is 5.75. The molecule has 5 heteroatoms. The van der Waals surface area contributed by atoms with E-state index in [1.54, 1.807) is 0 Å². The Hall–Kier alpha value is -2.82. The number of carbonyl (C=O) groups excluding carboxylic acids is 1. The van der Waals surface area contributed by atoms with Gasteiger partial charge < -0.3 is 9.84 Å². The molecule has 0 bridgehead atoms. The lowest BCUT2D eigenvalue weighted by Gasteiger charge is -2.47. The molecule has 1 unspecified atom stereocenters. The predicted octanol–water partition coefficient (Wildman–Crippen LogP) is 5.68. The Morgan fingerprint density at radius 2 is 1.58 bits per heavy atom. The summed E-state index contributed by atoms with van der Waals surface area (Å²) in [5, 5.41) is 10.3. The lowest BCUT2D eigenvalue weighted by molar-refractivity contribution is -0.159. The van der Waals surface area contributed by atoms with E-state index in [1.807, 2.05) is 52.0 Å². The molecule has 1 saturated carbocycles. The van der Waals surface area contributed by atoms with Gasteiger partial charge in [0.15, 0.2) is 0 Å². The summed E-state index contributed by atoms with van der Waals surface area (Å²) in [6.45, 7) is 7.80. The normalized spacial score (nSPS) is 21.6. The number of hydrogen-bond acceptors (Lipinski definition) is 3. The van der Waals surface area contributed by atoms with Crippen molar-refractivity contribution in [3.8, 4) is 11.1 Å². The van der Waals surface area contributed by atoms with Crippen LogP contribution < -0.4 is 0 Å². The van der Waals surface area contributed by atoms with Crippen molar-refractivity contribution in [1.29, 1.82) is 0 Å². The number of nitrogens with zero attached hydrogens (tertiary/aromatic N) is 1. The highest BCUT2D eigenvalue weighted by Gasteiger charge is 2.61. The number of aliphatic carboxylic acids is 1. The number of carbonyl (C=O) groups is 2. The standard InChI is InChI=1S/C26H31NO4/c1-17(2)27(26(23(28)29)15-9-14-25(26,3)4)24(30)31-16-22-20-12-7-5-10-18(20)19-11-6-8-13-21(19)22/h5-8,10-13,17,22H,9,14-16H2,1-4H3,(H,28,29). The summed E-state index contributed by atoms with van der Waals surface area (Å²) in [4.78, 5) is 27.4. The highest BCUT2D eigenvalue weighted by molar-refractivity contribution is 5.86. The average Bonchev–Trinajstić information content (AvgIpc) is 3.21. The van der Waals surface area contributed by atoms with Crippen molar-refractivity contribution >= 4 is 12.1 Å². The van der Waals surface area contributed by atoms with Crippen molar-refractivity contribution in [3.63, 3.8) is 0 Å². The van der Waals surface area contributed by atoms with E-state index < -0.39 is 23.0 Å². The molecule has 2 aromatic rings. The van der Waals surface area contributed by atoms with Crippen LogP contribution in [0, 0.1) is 5.41 Å². The molecule has 0 saturated heterocycles. The van der Waals surface area contributed by atoms with Crippen LogP contribution in [0.2, 0.25) is 0 Å². The highest BCUT2D eigenvalue weighted by atomic mass is 16.6. The minimum absolute atomic E-state index is 0.0530. The molecule has 2 aliphatic rings. The van der Waals surface area contributed by atoms with Crippen molar-refractivity contribution in [2.45, 2.75) is 64.5 Å². The summed E-state index contributed by atoms with van der Waals surface area (Å²) in [7, 11) is 0. The number of amides is 1. The minimum atomic E-state index is -1.26. The molecule has 0 aromatic heterocycles. The first-order valence-corrected chi connectivity index (χ1v) is 11.1. The van der Waals surface area contributed by atoms with Crippen LogP contribution in [-0.2, 0) is 9.53 Å². The highest BCUT2D eigenvalue weighted by Crippen LogP contribution is 2.51. The van der Waals surface area contributed by atoms with Crippen LogP contribution in [0.4, 0.5) is 4.79 Å². The fourth-order valence-corrected chi connectivity index (χ4v) is 5.75. The number of hydrogen-bond donors (Lipinski definition) is 1. The number of carboxylic acid groups (broad SMARTS) is 1. The molecule has 1 N–H and O–H groups in total. The number of fused-ring (bicyclic) bond motifs is 3. The third-order valence-corrected chi connectivity index (χ3v) is 7.27. The first-order valence-electron chi connectivity index (χ1n) is 11.1. The van der Waals surface area contributed by atoms with Crippen LogP contribution in [0.15, 0.2) is 48.5 Å². The predicted molar refractivity (Wildman–Crippen MR) is 120 cm³/mol. The van der Waals surface area contributed by atoms with Crippen molar-refractivity contribution in [1.82, 2.24) is 4.90 Å². The second-order valence-electron chi connectivity index (χ2n) is 9.67. The van der Waals surface area contributed by atoms with Gasteiger partial charge in [0.05, 0.1) is 0 Å². The molecular weight excluding hydrogens is 390 g/mol. The van der Waals surface area contributed by atoms with E-state index in [0.29, 0.717) is 6.42 Å². The van der Waals surface area contributed by atoms with Gasteiger partial charge in [-0.1, -0.05) is 62.4 Å². The zero-order valence-electron chi connectivity index (χ0n) is 18.7. The Morgan fingerprint density at radius 3 is 2.03 bits per heavy atom. The largest absolute Gasteiger partial charge is 0.479 e. The molecule has 0 heterocycles. The molecule has 1 atom stereocenters. The molecule has 5 nitrogen and oxygen atoms in total. The summed E-state index contributed by atoms with van der Waals surface area (Å²) in [6.07, 6.45) is 1.44. The molecule has 2 aromatic carbocycles. The second-order valence-corrected chi connectivity index (χ2v) is 9.67. The third-order valence-electron chi connectivity index (χ3n) is 7.27. The van der Waals surface area contributed by atoms with E-state index in [2.05, 4.69) is 24.3 Å². The SMILES string of the molecule is CC(C)N(C(=O)OCC1c2ccccc2-c2ccccc21)C1(C(=O)O)CCCC1(C)C. The van der Waals surface area contributed by atoms with E-state index in [-0.39, 0.29) is 18.6 Å². The fraction of sp³-hybridized carbons (Fsp3) is 0.462. The number of rotatable bonds is 5. The molecule has 164 valence electrons. The van der Waals surface area contributed by atoms with E-state index in [9.17, 15) is 14.7 Å². The van der Waals surface area contributed by atoms with Crippen molar-refractivity contribution in [3.05, 3.63) is 59.7 Å². The van der Waals surface area contributed by atoms with Crippen LogP contribution in [0.3, 0.4) is 0 Å². The zero-order chi connectivity index (χ0) is 22.4. The van der Waals surface area contributed by atoms with Crippen molar-refractivity contribution in [2.75, 3.05) is 6.61 Å². The maximum Gasteiger partial charge on any atom is 0.411 e. The van der Waals surface area contributed by atoms with Crippen LogP contribution >= 0.6 is 0 Å². The van der Waals surface area contributed by atoms with Crippen molar-refractivity contribution < 1.29 is 19.4 Å². The summed E-state index contributed by atoms with van der Waals surface area (Å²) < 4.78 is 5.87. The average molecular weight is 422 g/mol.